The Bertz CT molecular complexity index is 1710. The molecule has 1 aromatic carbocycles. The Balaban J connectivity index is 1.45. The zero-order valence-corrected chi connectivity index (χ0v) is 30.3. The van der Waals surface area contributed by atoms with Gasteiger partial charge in [-0.1, -0.05) is 0 Å². The molecule has 1 aliphatic heterocycles. The van der Waals surface area contributed by atoms with Gasteiger partial charge in [-0.15, -0.1) is 0 Å². The molecule has 49 heavy (non-hydrogen) atoms. The Morgan fingerprint density at radius 2 is 1.71 bits per heavy atom. The van der Waals surface area contributed by atoms with Crippen LogP contribution in [0.3, 0.4) is 0 Å². The lowest BCUT2D eigenvalue weighted by molar-refractivity contribution is 0.000513. The summed E-state index contributed by atoms with van der Waals surface area (Å²) in [5, 5.41) is 17.7. The van der Waals surface area contributed by atoms with Gasteiger partial charge in [0.2, 0.25) is 0 Å². The number of aromatic nitrogens is 3. The third-order valence-corrected chi connectivity index (χ3v) is 10.3. The molecule has 3 aromatic rings. The van der Waals surface area contributed by atoms with Crippen LogP contribution in [0.5, 0.6) is 0 Å². The van der Waals surface area contributed by atoms with Crippen molar-refractivity contribution in [3.8, 4) is 11.1 Å². The SMILES string of the molecule is Cc1cc(C)c(CNC(=O)c2cc(-c3cnn(C(C)N4CCOCC4)c3)cc(N(C)[C@H]3CC[C@H](N(C(=O)O)C(C)(C)C)CC3)c2C)c(=O)[nH]1. The second-order valence-electron chi connectivity index (χ2n) is 14.7. The minimum atomic E-state index is -0.880. The summed E-state index contributed by atoms with van der Waals surface area (Å²) >= 11 is 0. The zero-order chi connectivity index (χ0) is 35.6. The average Bonchev–Trinajstić information content (AvgIpc) is 3.54. The van der Waals surface area contributed by atoms with Crippen molar-refractivity contribution in [2.45, 2.75) is 104 Å². The molecule has 266 valence electrons. The molecule has 12 nitrogen and oxygen atoms in total. The number of ether oxygens (including phenoxy) is 1. The highest BCUT2D eigenvalue weighted by atomic mass is 16.5. The van der Waals surface area contributed by atoms with Crippen molar-refractivity contribution in [3.05, 3.63) is 68.9 Å². The van der Waals surface area contributed by atoms with Crippen molar-refractivity contribution in [2.75, 3.05) is 38.3 Å². The largest absolute Gasteiger partial charge is 0.465 e. The predicted octanol–water partition coefficient (Wildman–Crippen LogP) is 5.47. The maximum absolute atomic E-state index is 13.9. The number of carbonyl (C=O) groups is 2. The number of aryl methyl sites for hydroxylation is 2. The number of aromatic amines is 1. The van der Waals surface area contributed by atoms with Crippen LogP contribution in [-0.2, 0) is 11.3 Å². The number of anilines is 1. The molecule has 12 heteroatoms. The molecule has 0 spiro atoms. The number of pyridine rings is 1. The summed E-state index contributed by atoms with van der Waals surface area (Å²) in [7, 11) is 2.07. The third-order valence-electron chi connectivity index (χ3n) is 10.3. The predicted molar refractivity (Wildman–Crippen MR) is 191 cm³/mol. The average molecular weight is 676 g/mol. The highest BCUT2D eigenvalue weighted by Gasteiger charge is 2.36. The smallest absolute Gasteiger partial charge is 0.407 e. The standard InChI is InChI=1S/C37H53N7O5/c1-23-17-24(2)40-35(46)32(23)21-38-34(45)31-18-27(28-20-39-43(22-28)26(4)42-13-15-49-16-14-42)19-33(25(31)3)41(8)29-9-11-30(12-10-29)44(36(47)48)37(5,6)7/h17-20,22,26,29-30H,9-16,21H2,1-8H3,(H,38,45)(H,40,46)(H,47,48)/t26?,29-,30-. The van der Waals surface area contributed by atoms with Gasteiger partial charge in [-0.2, -0.15) is 5.10 Å². The van der Waals surface area contributed by atoms with Gasteiger partial charge < -0.3 is 29.9 Å². The van der Waals surface area contributed by atoms with Gasteiger partial charge in [0.15, 0.2) is 0 Å². The number of hydrogen-bond donors (Lipinski definition) is 3. The fraction of sp³-hybridized carbons (Fsp3) is 0.568. The molecule has 1 saturated heterocycles. The number of morpholine rings is 1. The Kier molecular flexibility index (Phi) is 10.9. The van der Waals surface area contributed by atoms with E-state index in [-0.39, 0.29) is 36.3 Å². The van der Waals surface area contributed by atoms with Gasteiger partial charge >= 0.3 is 6.09 Å². The second-order valence-corrected chi connectivity index (χ2v) is 14.7. The van der Waals surface area contributed by atoms with Crippen molar-refractivity contribution in [3.63, 3.8) is 0 Å². The molecular weight excluding hydrogens is 622 g/mol. The van der Waals surface area contributed by atoms with Crippen LogP contribution in [-0.4, -0.2) is 92.6 Å². The van der Waals surface area contributed by atoms with E-state index in [9.17, 15) is 19.5 Å². The topological polar surface area (TPSA) is 136 Å². The third kappa shape index (κ3) is 8.02. The Morgan fingerprint density at radius 3 is 2.33 bits per heavy atom. The first-order chi connectivity index (χ1) is 23.1. The number of nitrogens with zero attached hydrogens (tertiary/aromatic N) is 5. The normalized spacial score (nSPS) is 19.3. The number of amides is 2. The zero-order valence-electron chi connectivity index (χ0n) is 30.3. The highest BCUT2D eigenvalue weighted by Crippen LogP contribution is 2.36. The van der Waals surface area contributed by atoms with Crippen LogP contribution in [0.2, 0.25) is 0 Å². The summed E-state index contributed by atoms with van der Waals surface area (Å²) in [4.78, 5) is 47.8. The lowest BCUT2D eigenvalue weighted by atomic mass is 9.86. The van der Waals surface area contributed by atoms with E-state index < -0.39 is 11.6 Å². The van der Waals surface area contributed by atoms with Gasteiger partial charge in [-0.25, -0.2) is 4.79 Å². The maximum atomic E-state index is 13.9. The summed E-state index contributed by atoms with van der Waals surface area (Å²) in [6, 6.07) is 6.09. The van der Waals surface area contributed by atoms with Crippen molar-refractivity contribution in [1.82, 2.24) is 29.9 Å². The van der Waals surface area contributed by atoms with Crippen LogP contribution in [0.4, 0.5) is 10.5 Å². The monoisotopic (exact) mass is 675 g/mol. The summed E-state index contributed by atoms with van der Waals surface area (Å²) in [6.45, 7) is 16.8. The van der Waals surface area contributed by atoms with Crippen molar-refractivity contribution >= 4 is 17.7 Å². The highest BCUT2D eigenvalue weighted by molar-refractivity contribution is 5.98. The van der Waals surface area contributed by atoms with E-state index >= 15 is 0 Å². The first-order valence-electron chi connectivity index (χ1n) is 17.4. The number of benzene rings is 1. The second kappa shape index (κ2) is 14.8. The molecule has 2 aromatic heterocycles. The lowest BCUT2D eigenvalue weighted by Crippen LogP contribution is -2.53. The van der Waals surface area contributed by atoms with E-state index in [1.807, 2.05) is 70.8 Å². The van der Waals surface area contributed by atoms with Gasteiger partial charge in [-0.3, -0.25) is 19.2 Å². The van der Waals surface area contributed by atoms with E-state index in [0.717, 1.165) is 72.4 Å². The van der Waals surface area contributed by atoms with Gasteiger partial charge in [0, 0.05) is 78.6 Å². The number of rotatable bonds is 9. The van der Waals surface area contributed by atoms with Crippen molar-refractivity contribution in [2.24, 2.45) is 0 Å². The molecule has 1 unspecified atom stereocenters. The molecular formula is C37H53N7O5. The van der Waals surface area contributed by atoms with Crippen LogP contribution < -0.4 is 15.8 Å². The Labute approximate surface area is 289 Å². The van der Waals surface area contributed by atoms with E-state index in [4.69, 9.17) is 9.84 Å². The fourth-order valence-corrected chi connectivity index (χ4v) is 7.53. The number of carboxylic acid groups (broad SMARTS) is 1. The summed E-state index contributed by atoms with van der Waals surface area (Å²) in [6.07, 6.45) is 6.24. The first kappa shape index (κ1) is 36.1. The molecule has 3 heterocycles. The minimum absolute atomic E-state index is 0.0383. The number of H-pyrrole nitrogens is 1. The molecule has 2 fully saturated rings. The van der Waals surface area contributed by atoms with Crippen LogP contribution in [0, 0.1) is 20.8 Å². The lowest BCUT2D eigenvalue weighted by Gasteiger charge is -2.44. The number of carbonyl (C=O) groups excluding carboxylic acids is 1. The summed E-state index contributed by atoms with van der Waals surface area (Å²) in [5.74, 6) is -0.256. The van der Waals surface area contributed by atoms with Crippen molar-refractivity contribution < 1.29 is 19.4 Å². The Hall–Kier alpha value is -4.16. The number of nitrogens with one attached hydrogen (secondary N) is 2. The molecule has 5 rings (SSSR count). The minimum Gasteiger partial charge on any atom is -0.465 e. The van der Waals surface area contributed by atoms with E-state index in [1.165, 1.54) is 0 Å². The molecule has 0 bridgehead atoms. The molecule has 0 radical (unpaired) electrons. The van der Waals surface area contributed by atoms with Gasteiger partial charge in [-0.05, 0) is 109 Å². The maximum Gasteiger partial charge on any atom is 0.407 e. The molecule has 1 atom stereocenters. The van der Waals surface area contributed by atoms with Gasteiger partial charge in [0.1, 0.15) is 6.17 Å². The molecule has 1 aliphatic carbocycles. The van der Waals surface area contributed by atoms with E-state index in [2.05, 4.69) is 40.1 Å². The van der Waals surface area contributed by atoms with Crippen LogP contribution in [0.1, 0.15) is 92.3 Å². The van der Waals surface area contributed by atoms with E-state index in [0.29, 0.717) is 24.3 Å². The summed E-state index contributed by atoms with van der Waals surface area (Å²) in [5.41, 5.74) is 5.56. The fourth-order valence-electron chi connectivity index (χ4n) is 7.53. The van der Waals surface area contributed by atoms with Crippen LogP contribution in [0.25, 0.3) is 11.1 Å². The molecule has 1 saturated carbocycles. The van der Waals surface area contributed by atoms with E-state index in [1.54, 1.807) is 4.90 Å². The molecule has 2 amide bonds. The Morgan fingerprint density at radius 1 is 1.06 bits per heavy atom. The number of hydrogen-bond acceptors (Lipinski definition) is 7. The first-order valence-corrected chi connectivity index (χ1v) is 17.4. The van der Waals surface area contributed by atoms with Crippen LogP contribution in [0.15, 0.2) is 35.4 Å². The van der Waals surface area contributed by atoms with Crippen molar-refractivity contribution in [1.29, 1.82) is 0 Å². The molecule has 2 aliphatic rings. The van der Waals surface area contributed by atoms with Gasteiger partial charge in [0.25, 0.3) is 11.5 Å². The quantitative estimate of drug-likeness (QED) is 0.272. The van der Waals surface area contributed by atoms with Crippen LogP contribution >= 0.6 is 0 Å². The summed E-state index contributed by atoms with van der Waals surface area (Å²) < 4.78 is 7.50. The van der Waals surface area contributed by atoms with Gasteiger partial charge in [0.05, 0.1) is 19.4 Å². The molecule has 3 N–H and O–H groups in total.